The van der Waals surface area contributed by atoms with Crippen molar-refractivity contribution in [2.45, 2.75) is 64.6 Å². The van der Waals surface area contributed by atoms with E-state index >= 15 is 0 Å². The van der Waals surface area contributed by atoms with Crippen molar-refractivity contribution in [3.05, 3.63) is 107 Å². The highest BCUT2D eigenvalue weighted by atomic mass is 16.6. The highest BCUT2D eigenvalue weighted by Gasteiger charge is 2.36. The number of hydrogen-bond acceptors (Lipinski definition) is 6. The molecule has 0 saturated carbocycles. The molecule has 0 aliphatic heterocycles. The quantitative estimate of drug-likeness (QED) is 0.196. The van der Waals surface area contributed by atoms with Crippen molar-refractivity contribution in [3.8, 4) is 0 Å². The van der Waals surface area contributed by atoms with Gasteiger partial charge < -0.3 is 14.6 Å². The zero-order chi connectivity index (χ0) is 28.7. The molecule has 0 radical (unpaired) electrons. The first-order valence-corrected chi connectivity index (χ1v) is 13.7. The maximum absolute atomic E-state index is 13.5. The van der Waals surface area contributed by atoms with Crippen molar-refractivity contribution in [2.24, 2.45) is 0 Å². The van der Waals surface area contributed by atoms with Gasteiger partial charge in [-0.15, -0.1) is 0 Å². The summed E-state index contributed by atoms with van der Waals surface area (Å²) in [5.41, 5.74) is 6.30. The number of carboxylic acids is 1. The molecule has 8 nitrogen and oxygen atoms in total. The molecule has 3 aromatic carbocycles. The van der Waals surface area contributed by atoms with Crippen LogP contribution in [0.4, 0.5) is 4.79 Å². The van der Waals surface area contributed by atoms with E-state index in [9.17, 15) is 19.5 Å². The lowest BCUT2D eigenvalue weighted by Crippen LogP contribution is -2.59. The summed E-state index contributed by atoms with van der Waals surface area (Å²) in [4.78, 5) is 39.0. The molecule has 8 heteroatoms. The van der Waals surface area contributed by atoms with Crippen LogP contribution in [0, 0.1) is 0 Å². The van der Waals surface area contributed by atoms with E-state index in [1.165, 1.54) is 5.56 Å². The molecule has 2 N–H and O–H groups in total. The van der Waals surface area contributed by atoms with Gasteiger partial charge in [0.15, 0.2) is 6.04 Å². The molecule has 0 heterocycles. The fourth-order valence-electron chi connectivity index (χ4n) is 4.23. The number of benzene rings is 3. The van der Waals surface area contributed by atoms with Crippen LogP contribution < -0.4 is 5.43 Å². The van der Waals surface area contributed by atoms with E-state index in [0.717, 1.165) is 41.0 Å². The Bertz CT molecular complexity index is 1200. The minimum atomic E-state index is -1.21. The number of aliphatic carboxylic acids is 1. The molecule has 2 atom stereocenters. The Morgan fingerprint density at radius 2 is 1.35 bits per heavy atom. The number of ether oxygens (including phenoxy) is 2. The number of nitrogens with zero attached hydrogens (tertiary/aromatic N) is 1. The van der Waals surface area contributed by atoms with Gasteiger partial charge in [-0.3, -0.25) is 4.79 Å². The van der Waals surface area contributed by atoms with Crippen molar-refractivity contribution in [3.63, 3.8) is 0 Å². The van der Waals surface area contributed by atoms with Gasteiger partial charge in [0.1, 0.15) is 12.6 Å². The summed E-state index contributed by atoms with van der Waals surface area (Å²) in [6.07, 6.45) is 2.44. The second kappa shape index (κ2) is 16.1. The Morgan fingerprint density at radius 1 is 0.775 bits per heavy atom. The van der Waals surface area contributed by atoms with E-state index in [4.69, 9.17) is 9.47 Å². The summed E-state index contributed by atoms with van der Waals surface area (Å²) in [6, 6.07) is 23.7. The van der Waals surface area contributed by atoms with Gasteiger partial charge >= 0.3 is 18.0 Å². The monoisotopic (exact) mass is 546 g/mol. The summed E-state index contributed by atoms with van der Waals surface area (Å²) in [6.45, 7) is 3.86. The first-order valence-electron chi connectivity index (χ1n) is 13.7. The summed E-state index contributed by atoms with van der Waals surface area (Å²) in [7, 11) is 0. The fraction of sp³-hybridized carbons (Fsp3) is 0.344. The number of carboxylic acid groups (broad SMARTS) is 1. The zero-order valence-corrected chi connectivity index (χ0v) is 23.1. The second-order valence-corrected chi connectivity index (χ2v) is 9.51. The Hall–Kier alpha value is -4.17. The lowest BCUT2D eigenvalue weighted by molar-refractivity contribution is -0.152. The van der Waals surface area contributed by atoms with Crippen molar-refractivity contribution < 1.29 is 29.0 Å². The number of aryl methyl sites for hydroxylation is 1. The number of carbonyl (C=O) groups excluding carboxylic acids is 2. The minimum Gasteiger partial charge on any atom is -0.480 e. The van der Waals surface area contributed by atoms with Crippen molar-refractivity contribution in [1.82, 2.24) is 10.4 Å². The third kappa shape index (κ3) is 9.54. The summed E-state index contributed by atoms with van der Waals surface area (Å²) >= 11 is 0. The van der Waals surface area contributed by atoms with Crippen LogP contribution in [0.15, 0.2) is 84.9 Å². The maximum Gasteiger partial charge on any atom is 0.425 e. The topological polar surface area (TPSA) is 105 Å². The predicted molar refractivity (Wildman–Crippen MR) is 152 cm³/mol. The Kier molecular flexibility index (Phi) is 12.2. The van der Waals surface area contributed by atoms with Crippen LogP contribution in [-0.2, 0) is 44.9 Å². The van der Waals surface area contributed by atoms with Gasteiger partial charge in [0.2, 0.25) is 0 Å². The van der Waals surface area contributed by atoms with E-state index in [1.54, 1.807) is 6.92 Å². The molecule has 0 unspecified atom stereocenters. The zero-order valence-electron chi connectivity index (χ0n) is 23.1. The predicted octanol–water partition coefficient (Wildman–Crippen LogP) is 5.34. The largest absolute Gasteiger partial charge is 0.480 e. The lowest BCUT2D eigenvalue weighted by atomic mass is 10.0. The maximum atomic E-state index is 13.5. The molecule has 3 aromatic rings. The van der Waals surface area contributed by atoms with E-state index in [1.807, 2.05) is 84.9 Å². The number of nitrogens with one attached hydrogen (secondary N) is 1. The van der Waals surface area contributed by atoms with Crippen LogP contribution in [0.25, 0.3) is 0 Å². The van der Waals surface area contributed by atoms with Gasteiger partial charge in [0, 0.05) is 12.8 Å². The van der Waals surface area contributed by atoms with Crippen LogP contribution in [0.1, 0.15) is 48.9 Å². The van der Waals surface area contributed by atoms with Gasteiger partial charge in [-0.2, -0.15) is 0 Å². The molecular weight excluding hydrogens is 508 g/mol. The number of unbranched alkanes of at least 4 members (excludes halogenated alkanes) is 1. The highest BCUT2D eigenvalue weighted by molar-refractivity contribution is 5.82. The van der Waals surface area contributed by atoms with Gasteiger partial charge in [0.25, 0.3) is 0 Å². The molecule has 1 amide bonds. The number of hydrazine groups is 1. The Morgan fingerprint density at radius 3 is 1.93 bits per heavy atom. The van der Waals surface area contributed by atoms with Gasteiger partial charge in [0.05, 0.1) is 6.61 Å². The average Bonchev–Trinajstić information content (AvgIpc) is 2.97. The number of esters is 1. The molecule has 0 bridgehead atoms. The highest BCUT2D eigenvalue weighted by Crippen LogP contribution is 2.15. The van der Waals surface area contributed by atoms with Crippen LogP contribution in [0.5, 0.6) is 0 Å². The molecule has 3 rings (SSSR count). The first-order chi connectivity index (χ1) is 19.4. The van der Waals surface area contributed by atoms with Crippen LogP contribution in [-0.4, -0.2) is 46.8 Å². The Labute approximate surface area is 235 Å². The van der Waals surface area contributed by atoms with Crippen molar-refractivity contribution >= 4 is 18.0 Å². The molecule has 0 fully saturated rings. The molecular formula is C32H38N2O6. The standard InChI is InChI=1S/C32H38N2O6/c1-3-5-12-24-17-19-26(20-18-24)21-28(30(35)36)33-34(32(38)40-23-27-15-10-7-11-16-27)29(31(37)39-4-2)22-25-13-8-6-9-14-25/h6-11,13-20,28-29,33H,3-5,12,21-23H2,1-2H3,(H,35,36)/t28-,29-/m0/s1. The number of rotatable bonds is 15. The molecule has 0 saturated heterocycles. The Balaban J connectivity index is 1.88. The average molecular weight is 547 g/mol. The van der Waals surface area contributed by atoms with Crippen molar-refractivity contribution in [1.29, 1.82) is 0 Å². The van der Waals surface area contributed by atoms with E-state index in [2.05, 4.69) is 12.3 Å². The number of amides is 1. The molecule has 0 aliphatic rings. The van der Waals surface area contributed by atoms with Gasteiger partial charge in [-0.05, 0) is 42.0 Å². The lowest BCUT2D eigenvalue weighted by Gasteiger charge is -2.32. The van der Waals surface area contributed by atoms with Crippen LogP contribution in [0.3, 0.4) is 0 Å². The summed E-state index contributed by atoms with van der Waals surface area (Å²) < 4.78 is 10.8. The normalized spacial score (nSPS) is 12.2. The first kappa shape index (κ1) is 30.4. The molecule has 40 heavy (non-hydrogen) atoms. The molecule has 212 valence electrons. The van der Waals surface area contributed by atoms with Gasteiger partial charge in [-0.1, -0.05) is 98.3 Å². The second-order valence-electron chi connectivity index (χ2n) is 9.51. The SMILES string of the molecule is CCCCc1ccc(C[C@H](NN(C(=O)OCc2ccccc2)[C@@H](Cc2ccccc2)C(=O)OCC)C(=O)O)cc1. The molecule has 0 aromatic heterocycles. The molecule has 0 aliphatic carbocycles. The summed E-state index contributed by atoms with van der Waals surface area (Å²) in [5, 5.41) is 11.1. The van der Waals surface area contributed by atoms with Crippen LogP contribution in [0.2, 0.25) is 0 Å². The third-order valence-corrected chi connectivity index (χ3v) is 6.42. The van der Waals surface area contributed by atoms with E-state index < -0.39 is 30.1 Å². The number of hydrogen-bond donors (Lipinski definition) is 2. The van der Waals surface area contributed by atoms with E-state index in [0.29, 0.717) is 0 Å². The van der Waals surface area contributed by atoms with Crippen LogP contribution >= 0.6 is 0 Å². The molecule has 0 spiro atoms. The van der Waals surface area contributed by atoms with Crippen molar-refractivity contribution in [2.75, 3.05) is 6.61 Å². The minimum absolute atomic E-state index is 0.0459. The fourth-order valence-corrected chi connectivity index (χ4v) is 4.23. The smallest absolute Gasteiger partial charge is 0.425 e. The van der Waals surface area contributed by atoms with Gasteiger partial charge in [-0.25, -0.2) is 20.0 Å². The third-order valence-electron chi connectivity index (χ3n) is 6.42. The number of carbonyl (C=O) groups is 3. The summed E-state index contributed by atoms with van der Waals surface area (Å²) in [5.74, 6) is -1.84. The van der Waals surface area contributed by atoms with E-state index in [-0.39, 0.29) is 26.1 Å².